The highest BCUT2D eigenvalue weighted by Crippen LogP contribution is 2.40. The van der Waals surface area contributed by atoms with Crippen molar-refractivity contribution in [3.8, 4) is 11.6 Å². The Kier molecular flexibility index (Phi) is 5.90. The Bertz CT molecular complexity index is 2360. The van der Waals surface area contributed by atoms with Gasteiger partial charge in [-0.1, -0.05) is 84.9 Å². The van der Waals surface area contributed by atoms with E-state index in [0.29, 0.717) is 12.4 Å². The smallest absolute Gasteiger partial charge is 0.218 e. The molecule has 6 nitrogen and oxygen atoms in total. The van der Waals surface area contributed by atoms with Crippen LogP contribution in [0.25, 0.3) is 55.2 Å². The van der Waals surface area contributed by atoms with Crippen LogP contribution in [-0.4, -0.2) is 30.9 Å². The first kappa shape index (κ1) is 25.8. The van der Waals surface area contributed by atoms with Crippen molar-refractivity contribution in [1.29, 1.82) is 0 Å². The van der Waals surface area contributed by atoms with Crippen LogP contribution in [0.15, 0.2) is 126 Å². The van der Waals surface area contributed by atoms with Gasteiger partial charge in [0, 0.05) is 34.3 Å². The van der Waals surface area contributed by atoms with Gasteiger partial charge in [0.2, 0.25) is 5.95 Å². The van der Waals surface area contributed by atoms with Gasteiger partial charge >= 0.3 is 0 Å². The maximum Gasteiger partial charge on any atom is 0.218 e. The predicted molar refractivity (Wildman–Crippen MR) is 188 cm³/mol. The van der Waals surface area contributed by atoms with Crippen molar-refractivity contribution in [3.05, 3.63) is 127 Å². The lowest BCUT2D eigenvalue weighted by Crippen LogP contribution is -2.20. The fraction of sp³-hybridized carbons (Fsp3) is 0.0556. The van der Waals surface area contributed by atoms with Crippen LogP contribution in [0.5, 0.6) is 0 Å². The molecule has 7 heteroatoms. The number of hydrogen-bond acceptors (Lipinski definition) is 3. The zero-order valence-electron chi connectivity index (χ0n) is 23.4. The minimum absolute atomic E-state index is 0. The van der Waals surface area contributed by atoms with Crippen molar-refractivity contribution in [3.63, 3.8) is 0 Å². The molecule has 3 aromatic heterocycles. The minimum atomic E-state index is 0. The molecule has 0 saturated heterocycles. The van der Waals surface area contributed by atoms with Crippen molar-refractivity contribution in [1.82, 2.24) is 18.7 Å². The summed E-state index contributed by atoms with van der Waals surface area (Å²) in [5, 5.41) is 8.42. The van der Waals surface area contributed by atoms with Gasteiger partial charge in [-0.15, -0.1) is 24.0 Å². The summed E-state index contributed by atoms with van der Waals surface area (Å²) in [6.07, 6.45) is 0. The Morgan fingerprint density at radius 1 is 0.605 bits per heavy atom. The Morgan fingerprint density at radius 3 is 1.84 bits per heavy atom. The van der Waals surface area contributed by atoms with Crippen molar-refractivity contribution in [2.75, 3.05) is 11.9 Å². The first-order chi connectivity index (χ1) is 20.8. The van der Waals surface area contributed by atoms with E-state index < -0.39 is 0 Å². The molecule has 208 valence electrons. The van der Waals surface area contributed by atoms with Gasteiger partial charge in [0.15, 0.2) is 11.6 Å². The number of nitrogens with zero attached hydrogens (tertiary/aromatic N) is 5. The average Bonchev–Trinajstić information content (AvgIpc) is 3.67. The van der Waals surface area contributed by atoms with Gasteiger partial charge in [-0.2, -0.15) is 4.98 Å². The topological polar surface area (TPSA) is 52.1 Å². The molecule has 0 saturated carbocycles. The number of para-hydroxylation sites is 3. The standard InChI is InChI=1S/C36H26N6.HI/c1-40-35-34(38-29(22-37-35)23-12-4-2-5-13-23)39-36(40)42-31-19-11-9-17-26(31)28-20-32-27(21-33(28)42)25-16-8-10-18-30(25)41(32)24-14-6-3-7-15-24;/h2-21,37H,22H2,1H3;1H. The van der Waals surface area contributed by atoms with E-state index in [1.54, 1.807) is 0 Å². The third kappa shape index (κ3) is 3.77. The van der Waals surface area contributed by atoms with Gasteiger partial charge in [0.1, 0.15) is 0 Å². The van der Waals surface area contributed by atoms with Crippen LogP contribution in [0.3, 0.4) is 0 Å². The van der Waals surface area contributed by atoms with Crippen molar-refractivity contribution < 1.29 is 0 Å². The summed E-state index contributed by atoms with van der Waals surface area (Å²) < 4.78 is 6.79. The molecule has 1 N–H and O–H groups in total. The number of hydrogen-bond donors (Lipinski definition) is 1. The summed E-state index contributed by atoms with van der Waals surface area (Å²) in [5.41, 5.74) is 7.88. The number of nitrogens with one attached hydrogen (secondary N) is 1. The van der Waals surface area contributed by atoms with Gasteiger partial charge in [-0.3, -0.25) is 9.13 Å². The molecule has 0 radical (unpaired) electrons. The van der Waals surface area contributed by atoms with E-state index in [-0.39, 0.29) is 24.0 Å². The number of anilines is 1. The maximum absolute atomic E-state index is 5.13. The number of rotatable bonds is 3. The minimum Gasteiger partial charge on any atom is -0.363 e. The molecule has 0 amide bonds. The summed E-state index contributed by atoms with van der Waals surface area (Å²) >= 11 is 0. The molecular weight excluding hydrogens is 643 g/mol. The molecular formula is C36H27IN6. The van der Waals surface area contributed by atoms with Crippen LogP contribution < -0.4 is 5.32 Å². The number of imidazole rings is 1. The molecule has 5 aromatic carbocycles. The van der Waals surface area contributed by atoms with E-state index in [1.165, 1.54) is 32.6 Å². The first-order valence-electron chi connectivity index (χ1n) is 14.2. The lowest BCUT2D eigenvalue weighted by atomic mass is 10.1. The number of halogens is 1. The summed E-state index contributed by atoms with van der Waals surface area (Å²) in [6.45, 7) is 0.656. The lowest BCUT2D eigenvalue weighted by molar-refractivity contribution is 0.849. The first-order valence-corrected chi connectivity index (χ1v) is 14.2. The number of benzene rings is 5. The number of aromatic nitrogens is 4. The van der Waals surface area contributed by atoms with Crippen LogP contribution in [0, 0.1) is 0 Å². The molecule has 0 atom stereocenters. The molecule has 0 fully saturated rings. The normalized spacial score (nSPS) is 12.8. The van der Waals surface area contributed by atoms with Crippen LogP contribution in [0.1, 0.15) is 5.56 Å². The Morgan fingerprint density at radius 2 is 1.16 bits per heavy atom. The largest absolute Gasteiger partial charge is 0.363 e. The van der Waals surface area contributed by atoms with E-state index in [0.717, 1.165) is 39.8 Å². The molecule has 0 aliphatic carbocycles. The third-order valence-corrected chi connectivity index (χ3v) is 8.50. The van der Waals surface area contributed by atoms with Crippen molar-refractivity contribution >= 4 is 84.9 Å². The summed E-state index contributed by atoms with van der Waals surface area (Å²) in [5.74, 6) is 2.48. The van der Waals surface area contributed by atoms with Crippen LogP contribution in [-0.2, 0) is 7.05 Å². The third-order valence-electron chi connectivity index (χ3n) is 8.50. The van der Waals surface area contributed by atoms with Crippen molar-refractivity contribution in [2.24, 2.45) is 12.0 Å². The fourth-order valence-electron chi connectivity index (χ4n) is 6.58. The highest BCUT2D eigenvalue weighted by molar-refractivity contribution is 14.0. The lowest BCUT2D eigenvalue weighted by Gasteiger charge is -2.15. The molecule has 9 rings (SSSR count). The zero-order chi connectivity index (χ0) is 27.8. The Balaban J connectivity index is 0.00000278. The van der Waals surface area contributed by atoms with E-state index in [9.17, 15) is 0 Å². The van der Waals surface area contributed by atoms with Crippen LogP contribution in [0.4, 0.5) is 11.6 Å². The second-order valence-electron chi connectivity index (χ2n) is 10.8. The van der Waals surface area contributed by atoms with Gasteiger partial charge in [0.05, 0.1) is 34.3 Å². The molecule has 43 heavy (non-hydrogen) atoms. The molecule has 1 aliphatic rings. The highest BCUT2D eigenvalue weighted by Gasteiger charge is 2.24. The maximum atomic E-state index is 5.13. The average molecular weight is 671 g/mol. The van der Waals surface area contributed by atoms with Gasteiger partial charge in [-0.05, 0) is 42.0 Å². The molecule has 1 aliphatic heterocycles. The van der Waals surface area contributed by atoms with Crippen LogP contribution >= 0.6 is 24.0 Å². The molecule has 0 unspecified atom stereocenters. The Hall–Kier alpha value is -4.89. The quantitative estimate of drug-likeness (QED) is 0.191. The second kappa shape index (κ2) is 9.84. The van der Waals surface area contributed by atoms with E-state index in [1.807, 2.05) is 18.2 Å². The monoisotopic (exact) mass is 670 g/mol. The van der Waals surface area contributed by atoms with E-state index >= 15 is 0 Å². The number of fused-ring (bicyclic) bond motifs is 7. The SMILES string of the molecule is Cn1c(-n2c3ccccc3c3cc4c(cc32)c2ccccc2n4-c2ccccc2)nc2c1NCC(c1ccccc1)=N2.I. The Labute approximate surface area is 264 Å². The van der Waals surface area contributed by atoms with Gasteiger partial charge in [0.25, 0.3) is 0 Å². The molecule has 0 spiro atoms. The second-order valence-corrected chi connectivity index (χ2v) is 10.8. The molecule has 8 aromatic rings. The van der Waals surface area contributed by atoms with Gasteiger partial charge in [-0.25, -0.2) is 4.99 Å². The predicted octanol–water partition coefficient (Wildman–Crippen LogP) is 8.78. The van der Waals surface area contributed by atoms with Gasteiger partial charge < -0.3 is 9.88 Å². The summed E-state index contributed by atoms with van der Waals surface area (Å²) in [6, 6.07) is 42.9. The van der Waals surface area contributed by atoms with E-state index in [2.05, 4.69) is 129 Å². The fourth-order valence-corrected chi connectivity index (χ4v) is 6.58. The molecule has 0 bridgehead atoms. The van der Waals surface area contributed by atoms with Crippen LogP contribution in [0.2, 0.25) is 0 Å². The number of aliphatic imine (C=N–C) groups is 1. The van der Waals surface area contributed by atoms with Crippen molar-refractivity contribution in [2.45, 2.75) is 0 Å². The highest BCUT2D eigenvalue weighted by atomic mass is 127. The zero-order valence-corrected chi connectivity index (χ0v) is 25.7. The summed E-state index contributed by atoms with van der Waals surface area (Å²) in [7, 11) is 2.07. The summed E-state index contributed by atoms with van der Waals surface area (Å²) in [4.78, 5) is 10.1. The van der Waals surface area contributed by atoms with E-state index in [4.69, 9.17) is 9.98 Å². The molecule has 4 heterocycles.